The molecule has 1 aliphatic heterocycles. The van der Waals surface area contributed by atoms with Gasteiger partial charge < -0.3 is 51.6 Å². The molecule has 156 valence electrons. The number of anilines is 4. The Morgan fingerprint density at radius 1 is 0.633 bits per heavy atom. The number of allylic oxidation sites excluding steroid dienone is 3. The molecule has 5 rings (SSSR count). The van der Waals surface area contributed by atoms with E-state index >= 15 is 0 Å². The Kier molecular flexibility index (Phi) is 4.01. The van der Waals surface area contributed by atoms with E-state index in [0.717, 1.165) is 30.2 Å². The molecule has 0 spiro atoms. The van der Waals surface area contributed by atoms with E-state index in [1.807, 2.05) is 0 Å². The minimum absolute atomic E-state index is 0.132. The van der Waals surface area contributed by atoms with E-state index in [9.17, 15) is 0 Å². The third-order valence-electron chi connectivity index (χ3n) is 6.16. The van der Waals surface area contributed by atoms with Gasteiger partial charge in [-0.2, -0.15) is 0 Å². The third-order valence-corrected chi connectivity index (χ3v) is 11.7. The Labute approximate surface area is 189 Å². The first-order valence-electron chi connectivity index (χ1n) is 9.02. The van der Waals surface area contributed by atoms with Gasteiger partial charge in [0.05, 0.1) is 45.8 Å². The van der Waals surface area contributed by atoms with Crippen molar-refractivity contribution < 1.29 is 0 Å². The summed E-state index contributed by atoms with van der Waals surface area (Å²) in [5, 5.41) is 5.11. The van der Waals surface area contributed by atoms with Crippen LogP contribution in [0.4, 0.5) is 22.7 Å². The SMILES string of the molecule is NC1=C(N)C2=C3PC4=c5c(N)c(N)c(N)c(N)c5=C(I)C4PC3=C(N)C2C(N)=C1N. The Balaban J connectivity index is 1.84. The molecule has 1 aromatic rings. The number of hydrogen-bond donors (Lipinski definition) is 9. The lowest BCUT2D eigenvalue weighted by Crippen LogP contribution is -2.33. The van der Waals surface area contributed by atoms with Crippen molar-refractivity contribution in [2.75, 3.05) is 22.9 Å². The van der Waals surface area contributed by atoms with E-state index in [0.29, 0.717) is 59.8 Å². The van der Waals surface area contributed by atoms with Crippen LogP contribution in [-0.2, 0) is 0 Å². The quantitative estimate of drug-likeness (QED) is 0.106. The summed E-state index contributed by atoms with van der Waals surface area (Å²) in [6.07, 6.45) is 0. The second-order valence-electron chi connectivity index (χ2n) is 7.62. The van der Waals surface area contributed by atoms with E-state index in [2.05, 4.69) is 22.6 Å². The number of hydrogen-bond acceptors (Lipinski definition) is 9. The third kappa shape index (κ3) is 2.14. The van der Waals surface area contributed by atoms with Crippen LogP contribution in [0.1, 0.15) is 0 Å². The molecule has 0 amide bonds. The van der Waals surface area contributed by atoms with Gasteiger partial charge in [-0.25, -0.2) is 0 Å². The number of fused-ring (bicyclic) bond motifs is 4. The summed E-state index contributed by atoms with van der Waals surface area (Å²) in [4.78, 5) is 0. The van der Waals surface area contributed by atoms with Gasteiger partial charge in [0.2, 0.25) is 0 Å². The number of rotatable bonds is 0. The van der Waals surface area contributed by atoms with Gasteiger partial charge in [0, 0.05) is 42.0 Å². The first-order chi connectivity index (χ1) is 14.1. The summed E-state index contributed by atoms with van der Waals surface area (Å²) < 4.78 is 1.10. The number of nitrogen functional groups attached to an aromatic ring is 4. The van der Waals surface area contributed by atoms with Crippen LogP contribution in [0.15, 0.2) is 44.7 Å². The summed E-state index contributed by atoms with van der Waals surface area (Å²) in [5.74, 6) is -0.335. The monoisotopic (exact) mass is 553 g/mol. The summed E-state index contributed by atoms with van der Waals surface area (Å²) in [7, 11) is 0.655. The maximum absolute atomic E-state index is 6.60. The highest BCUT2D eigenvalue weighted by Crippen LogP contribution is 2.66. The molecule has 12 heteroatoms. The summed E-state index contributed by atoms with van der Waals surface area (Å²) in [6.45, 7) is 0. The molecule has 18 N–H and O–H groups in total. The van der Waals surface area contributed by atoms with E-state index in [4.69, 9.17) is 51.6 Å². The standard InChI is InChI=1S/C18H22IN9P2/c19-5-1-3(8(22)13(27)11(25)6(1)20)15-17(5)30-18-10(24)2-4(16(18)29-15)9(23)14(28)12(26)7(2)21/h2,17,29-30H,20-28H2. The molecule has 1 aromatic carbocycles. The Morgan fingerprint density at radius 3 is 1.87 bits per heavy atom. The average molecular weight is 553 g/mol. The highest BCUT2D eigenvalue weighted by Gasteiger charge is 2.45. The average Bonchev–Trinajstić information content (AvgIpc) is 3.18. The zero-order valence-electron chi connectivity index (χ0n) is 15.7. The van der Waals surface area contributed by atoms with E-state index in [1.165, 1.54) is 5.31 Å². The highest BCUT2D eigenvalue weighted by atomic mass is 127. The highest BCUT2D eigenvalue weighted by molar-refractivity contribution is 14.1. The van der Waals surface area contributed by atoms with Gasteiger partial charge in [0.25, 0.3) is 0 Å². The molecule has 9 nitrogen and oxygen atoms in total. The zero-order valence-corrected chi connectivity index (χ0v) is 19.9. The van der Waals surface area contributed by atoms with Gasteiger partial charge in [-0.05, 0) is 33.2 Å². The van der Waals surface area contributed by atoms with Crippen LogP contribution in [0, 0.1) is 5.92 Å². The summed E-state index contributed by atoms with van der Waals surface area (Å²) in [6, 6.07) is 0. The fourth-order valence-corrected chi connectivity index (χ4v) is 10.1. The van der Waals surface area contributed by atoms with Crippen molar-refractivity contribution in [1.29, 1.82) is 0 Å². The molecule has 4 unspecified atom stereocenters. The largest absolute Gasteiger partial charge is 0.401 e. The molecule has 3 aliphatic carbocycles. The molecule has 0 saturated carbocycles. The van der Waals surface area contributed by atoms with Crippen molar-refractivity contribution in [3.8, 4) is 0 Å². The van der Waals surface area contributed by atoms with Gasteiger partial charge in [-0.3, -0.25) is 0 Å². The molecule has 30 heavy (non-hydrogen) atoms. The van der Waals surface area contributed by atoms with Gasteiger partial charge in [-0.15, -0.1) is 0 Å². The molecule has 1 fully saturated rings. The molecule has 1 heterocycles. The van der Waals surface area contributed by atoms with E-state index in [1.54, 1.807) is 0 Å². The second-order valence-corrected chi connectivity index (χ2v) is 11.4. The van der Waals surface area contributed by atoms with Gasteiger partial charge in [-0.1, -0.05) is 17.2 Å². The Bertz CT molecular complexity index is 1350. The van der Waals surface area contributed by atoms with Gasteiger partial charge in [0.15, 0.2) is 0 Å². The fourth-order valence-electron chi connectivity index (χ4n) is 4.54. The molecule has 4 aliphatic rings. The van der Waals surface area contributed by atoms with Crippen LogP contribution in [0.3, 0.4) is 0 Å². The number of halogens is 1. The second kappa shape index (κ2) is 6.12. The maximum atomic E-state index is 6.60. The smallest absolute Gasteiger partial charge is 0.0809 e. The maximum Gasteiger partial charge on any atom is 0.0809 e. The van der Waals surface area contributed by atoms with Crippen molar-refractivity contribution in [2.24, 2.45) is 34.6 Å². The van der Waals surface area contributed by atoms with Crippen LogP contribution >= 0.6 is 39.8 Å². The molecule has 0 aromatic heterocycles. The molecule has 1 saturated heterocycles. The van der Waals surface area contributed by atoms with Gasteiger partial charge >= 0.3 is 0 Å². The van der Waals surface area contributed by atoms with Crippen molar-refractivity contribution in [3.63, 3.8) is 0 Å². The lowest BCUT2D eigenvalue weighted by molar-refractivity contribution is 0.783. The topological polar surface area (TPSA) is 234 Å². The molecule has 4 atom stereocenters. The predicted molar refractivity (Wildman–Crippen MR) is 137 cm³/mol. The first kappa shape index (κ1) is 19.7. The van der Waals surface area contributed by atoms with Crippen molar-refractivity contribution in [3.05, 3.63) is 55.1 Å². The van der Waals surface area contributed by atoms with E-state index < -0.39 is 0 Å². The van der Waals surface area contributed by atoms with E-state index in [-0.39, 0.29) is 20.2 Å². The number of benzene rings is 1. The van der Waals surface area contributed by atoms with Crippen LogP contribution in [-0.4, -0.2) is 5.66 Å². The first-order valence-corrected chi connectivity index (χ1v) is 12.2. The van der Waals surface area contributed by atoms with Crippen LogP contribution < -0.4 is 62.0 Å². The minimum Gasteiger partial charge on any atom is -0.401 e. The lowest BCUT2D eigenvalue weighted by atomic mass is 9.87. The van der Waals surface area contributed by atoms with Gasteiger partial charge in [0.1, 0.15) is 0 Å². The molecule has 0 radical (unpaired) electrons. The minimum atomic E-state index is -0.335. The lowest BCUT2D eigenvalue weighted by Gasteiger charge is -2.28. The predicted octanol–water partition coefficient (Wildman–Crippen LogP) is -1.25. The van der Waals surface area contributed by atoms with Crippen LogP contribution in [0.5, 0.6) is 0 Å². The van der Waals surface area contributed by atoms with Crippen molar-refractivity contribution in [2.45, 2.75) is 5.66 Å². The Morgan fingerprint density at radius 2 is 1.23 bits per heavy atom. The Hall–Kier alpha value is -2.29. The molecular formula is C18H22IN9P2. The number of nitrogens with two attached hydrogens (primary N) is 9. The normalized spacial score (nSPS) is 26.7. The summed E-state index contributed by atoms with van der Waals surface area (Å²) >= 11 is 2.33. The molecular weight excluding hydrogens is 531 g/mol. The van der Waals surface area contributed by atoms with Crippen LogP contribution in [0.2, 0.25) is 0 Å². The summed E-state index contributed by atoms with van der Waals surface area (Å²) in [5.41, 5.74) is 61.4. The molecule has 0 bridgehead atoms. The fraction of sp³-hybridized carbons (Fsp3) is 0.111. The van der Waals surface area contributed by atoms with Crippen molar-refractivity contribution in [1.82, 2.24) is 0 Å². The van der Waals surface area contributed by atoms with Crippen molar-refractivity contribution >= 4 is 71.4 Å². The van der Waals surface area contributed by atoms with Crippen LogP contribution in [0.25, 0.3) is 8.89 Å². The zero-order chi connectivity index (χ0) is 21.8.